The Kier molecular flexibility index (Phi) is 2.77. The van der Waals surface area contributed by atoms with Crippen LogP contribution in [-0.2, 0) is 6.54 Å². The van der Waals surface area contributed by atoms with E-state index >= 15 is 0 Å². The van der Waals surface area contributed by atoms with E-state index in [0.717, 1.165) is 22.3 Å². The van der Waals surface area contributed by atoms with Crippen molar-refractivity contribution in [3.8, 4) is 11.3 Å². The van der Waals surface area contributed by atoms with E-state index in [-0.39, 0.29) is 0 Å². The third-order valence-electron chi connectivity index (χ3n) is 2.24. The minimum absolute atomic E-state index is 0.712. The highest BCUT2D eigenvalue weighted by Gasteiger charge is 2.10. The smallest absolute Gasteiger partial charge is 0.116 e. The van der Waals surface area contributed by atoms with E-state index in [0.29, 0.717) is 5.69 Å². The zero-order valence-electron chi connectivity index (χ0n) is 8.44. The van der Waals surface area contributed by atoms with Gasteiger partial charge < -0.3 is 5.73 Å². The van der Waals surface area contributed by atoms with Gasteiger partial charge in [0.15, 0.2) is 0 Å². The van der Waals surface area contributed by atoms with Crippen LogP contribution in [0.2, 0.25) is 0 Å². The average Bonchev–Trinajstić information content (AvgIpc) is 2.60. The van der Waals surface area contributed by atoms with E-state index in [9.17, 15) is 0 Å². The molecular weight excluding hydrogens is 254 g/mol. The predicted molar refractivity (Wildman–Crippen MR) is 65.4 cm³/mol. The number of nitrogen functional groups attached to an aromatic ring is 1. The van der Waals surface area contributed by atoms with Crippen LogP contribution in [0.3, 0.4) is 0 Å². The van der Waals surface area contributed by atoms with Crippen LogP contribution in [0, 0.1) is 0 Å². The van der Waals surface area contributed by atoms with Gasteiger partial charge in [-0.25, -0.2) is 0 Å². The van der Waals surface area contributed by atoms with Crippen LogP contribution in [-0.4, -0.2) is 9.78 Å². The highest BCUT2D eigenvalue weighted by atomic mass is 79.9. The van der Waals surface area contributed by atoms with Crippen LogP contribution in [0.4, 0.5) is 5.69 Å². The topological polar surface area (TPSA) is 43.8 Å². The molecule has 0 atom stereocenters. The molecule has 2 N–H and O–H groups in total. The SMILES string of the molecule is CCn1cc(N)c(-c2ccccc2Br)n1. The molecule has 0 saturated carbocycles. The van der Waals surface area contributed by atoms with Gasteiger partial charge in [-0.15, -0.1) is 0 Å². The summed E-state index contributed by atoms with van der Waals surface area (Å²) in [5.41, 5.74) is 8.49. The fraction of sp³-hybridized carbons (Fsp3) is 0.182. The molecule has 0 amide bonds. The molecule has 0 aliphatic rings. The zero-order chi connectivity index (χ0) is 10.8. The Hall–Kier alpha value is -1.29. The van der Waals surface area contributed by atoms with Crippen molar-refractivity contribution in [2.24, 2.45) is 0 Å². The number of hydrogen-bond donors (Lipinski definition) is 1. The number of nitrogens with two attached hydrogens (primary N) is 1. The number of rotatable bonds is 2. The second-order valence-electron chi connectivity index (χ2n) is 3.27. The summed E-state index contributed by atoms with van der Waals surface area (Å²) < 4.78 is 2.85. The van der Waals surface area contributed by atoms with Crippen molar-refractivity contribution in [1.82, 2.24) is 9.78 Å². The molecule has 0 aliphatic carbocycles. The zero-order valence-corrected chi connectivity index (χ0v) is 10.0. The lowest BCUT2D eigenvalue weighted by molar-refractivity contribution is 0.662. The summed E-state index contributed by atoms with van der Waals surface area (Å²) in [5, 5.41) is 4.42. The molecule has 1 aromatic carbocycles. The lowest BCUT2D eigenvalue weighted by atomic mass is 10.1. The third-order valence-corrected chi connectivity index (χ3v) is 2.93. The molecular formula is C11H12BrN3. The van der Waals surface area contributed by atoms with Gasteiger partial charge in [0.2, 0.25) is 0 Å². The van der Waals surface area contributed by atoms with Crippen LogP contribution >= 0.6 is 15.9 Å². The van der Waals surface area contributed by atoms with Gasteiger partial charge >= 0.3 is 0 Å². The molecule has 1 aromatic heterocycles. The maximum Gasteiger partial charge on any atom is 0.116 e. The van der Waals surface area contributed by atoms with Gasteiger partial charge in [0.05, 0.1) is 5.69 Å². The second kappa shape index (κ2) is 4.06. The standard InChI is InChI=1S/C11H12BrN3/c1-2-15-7-10(13)11(14-15)8-5-3-4-6-9(8)12/h3-7H,2,13H2,1H3. The van der Waals surface area contributed by atoms with E-state index in [1.165, 1.54) is 0 Å². The van der Waals surface area contributed by atoms with Gasteiger partial charge in [-0.3, -0.25) is 4.68 Å². The van der Waals surface area contributed by atoms with Gasteiger partial charge in [-0.05, 0) is 13.0 Å². The first-order valence-electron chi connectivity index (χ1n) is 4.80. The summed E-state index contributed by atoms with van der Waals surface area (Å²) in [6.07, 6.45) is 1.86. The van der Waals surface area contributed by atoms with Gasteiger partial charge in [-0.2, -0.15) is 5.10 Å². The molecule has 0 fully saturated rings. The molecule has 1 heterocycles. The van der Waals surface area contributed by atoms with Gasteiger partial charge in [0, 0.05) is 22.8 Å². The average molecular weight is 266 g/mol. The molecule has 3 nitrogen and oxygen atoms in total. The molecule has 2 rings (SSSR count). The van der Waals surface area contributed by atoms with Crippen LogP contribution < -0.4 is 5.73 Å². The molecule has 2 aromatic rings. The first-order valence-corrected chi connectivity index (χ1v) is 5.59. The number of aryl methyl sites for hydroxylation is 1. The Bertz CT molecular complexity index is 476. The Morgan fingerprint density at radius 1 is 1.40 bits per heavy atom. The summed E-state index contributed by atoms with van der Waals surface area (Å²) in [6.45, 7) is 2.87. The highest BCUT2D eigenvalue weighted by molar-refractivity contribution is 9.10. The Labute approximate surface area is 97.0 Å². The molecule has 15 heavy (non-hydrogen) atoms. The Morgan fingerprint density at radius 3 is 2.73 bits per heavy atom. The van der Waals surface area contributed by atoms with Gasteiger partial charge in [0.1, 0.15) is 5.69 Å². The largest absolute Gasteiger partial charge is 0.396 e. The molecule has 78 valence electrons. The molecule has 4 heteroatoms. The van der Waals surface area contributed by atoms with Crippen molar-refractivity contribution < 1.29 is 0 Å². The highest BCUT2D eigenvalue weighted by Crippen LogP contribution is 2.30. The second-order valence-corrected chi connectivity index (χ2v) is 4.12. The van der Waals surface area contributed by atoms with E-state index in [1.54, 1.807) is 0 Å². The van der Waals surface area contributed by atoms with Crippen LogP contribution in [0.1, 0.15) is 6.92 Å². The number of halogens is 1. The number of anilines is 1. The van der Waals surface area contributed by atoms with E-state index in [1.807, 2.05) is 42.1 Å². The van der Waals surface area contributed by atoms with E-state index in [2.05, 4.69) is 21.0 Å². The van der Waals surface area contributed by atoms with Crippen molar-refractivity contribution in [2.45, 2.75) is 13.5 Å². The molecule has 0 radical (unpaired) electrons. The summed E-state index contributed by atoms with van der Waals surface area (Å²) in [4.78, 5) is 0. The number of benzene rings is 1. The van der Waals surface area contributed by atoms with E-state index < -0.39 is 0 Å². The number of hydrogen-bond acceptors (Lipinski definition) is 2. The van der Waals surface area contributed by atoms with Crippen LogP contribution in [0.5, 0.6) is 0 Å². The quantitative estimate of drug-likeness (QED) is 0.908. The number of nitrogens with zero attached hydrogens (tertiary/aromatic N) is 2. The van der Waals surface area contributed by atoms with Gasteiger partial charge in [0.25, 0.3) is 0 Å². The molecule has 0 unspecified atom stereocenters. The summed E-state index contributed by atoms with van der Waals surface area (Å²) in [7, 11) is 0. The lowest BCUT2D eigenvalue weighted by Gasteiger charge is -2.01. The molecule has 0 spiro atoms. The summed E-state index contributed by atoms with van der Waals surface area (Å²) in [5.74, 6) is 0. The minimum Gasteiger partial charge on any atom is -0.396 e. The van der Waals surface area contributed by atoms with Crippen molar-refractivity contribution in [1.29, 1.82) is 0 Å². The monoisotopic (exact) mass is 265 g/mol. The van der Waals surface area contributed by atoms with Crippen molar-refractivity contribution in [3.05, 3.63) is 34.9 Å². The van der Waals surface area contributed by atoms with Crippen LogP contribution in [0.15, 0.2) is 34.9 Å². The van der Waals surface area contributed by atoms with Gasteiger partial charge in [-0.1, -0.05) is 34.1 Å². The van der Waals surface area contributed by atoms with Crippen molar-refractivity contribution >= 4 is 21.6 Å². The lowest BCUT2D eigenvalue weighted by Crippen LogP contribution is -1.94. The summed E-state index contributed by atoms with van der Waals surface area (Å²) in [6, 6.07) is 7.94. The van der Waals surface area contributed by atoms with Crippen molar-refractivity contribution in [3.63, 3.8) is 0 Å². The van der Waals surface area contributed by atoms with E-state index in [4.69, 9.17) is 5.73 Å². The first kappa shape index (κ1) is 10.2. The predicted octanol–water partition coefficient (Wildman–Crippen LogP) is 2.91. The fourth-order valence-corrected chi connectivity index (χ4v) is 1.93. The van der Waals surface area contributed by atoms with Crippen molar-refractivity contribution in [2.75, 3.05) is 5.73 Å². The normalized spacial score (nSPS) is 10.5. The fourth-order valence-electron chi connectivity index (χ4n) is 1.46. The van der Waals surface area contributed by atoms with Crippen LogP contribution in [0.25, 0.3) is 11.3 Å². The third kappa shape index (κ3) is 1.90. The minimum atomic E-state index is 0.712. The Balaban J connectivity index is 2.54. The molecule has 0 saturated heterocycles. The molecule has 0 aliphatic heterocycles. The molecule has 0 bridgehead atoms. The number of aromatic nitrogens is 2. The maximum absolute atomic E-state index is 5.91. The first-order chi connectivity index (χ1) is 7.22. The Morgan fingerprint density at radius 2 is 2.13 bits per heavy atom. The summed E-state index contributed by atoms with van der Waals surface area (Å²) >= 11 is 3.49. The maximum atomic E-state index is 5.91.